The van der Waals surface area contributed by atoms with Crippen molar-refractivity contribution in [3.8, 4) is 11.5 Å². The summed E-state index contributed by atoms with van der Waals surface area (Å²) in [7, 11) is 0. The summed E-state index contributed by atoms with van der Waals surface area (Å²) in [4.78, 5) is 34.7. The molecule has 6 rings (SSSR count). The predicted molar refractivity (Wildman–Crippen MR) is 190 cm³/mol. The van der Waals surface area contributed by atoms with Crippen LogP contribution < -0.4 is 19.9 Å². The Morgan fingerprint density at radius 1 is 0.787 bits per heavy atom. The van der Waals surface area contributed by atoms with Crippen molar-refractivity contribution in [2.24, 2.45) is 10.1 Å². The maximum Gasteiger partial charge on any atom is 0.275 e. The van der Waals surface area contributed by atoms with Crippen molar-refractivity contribution >= 4 is 47.0 Å². The van der Waals surface area contributed by atoms with E-state index in [0.29, 0.717) is 28.4 Å². The second kappa shape index (κ2) is 13.1. The number of anilines is 3. The van der Waals surface area contributed by atoms with Crippen molar-refractivity contribution in [2.45, 2.75) is 40.2 Å². The zero-order chi connectivity index (χ0) is 33.1. The second-order valence-corrected chi connectivity index (χ2v) is 11.5. The van der Waals surface area contributed by atoms with Gasteiger partial charge >= 0.3 is 0 Å². The molecule has 0 radical (unpaired) electrons. The van der Waals surface area contributed by atoms with E-state index in [1.165, 1.54) is 6.92 Å². The summed E-state index contributed by atoms with van der Waals surface area (Å²) in [5, 5.41) is 9.16. The van der Waals surface area contributed by atoms with Crippen LogP contribution in [-0.4, -0.2) is 55.4 Å². The van der Waals surface area contributed by atoms with Gasteiger partial charge < -0.3 is 19.9 Å². The first-order valence-corrected chi connectivity index (χ1v) is 16.2. The summed E-state index contributed by atoms with van der Waals surface area (Å²) in [5.41, 5.74) is 5.55. The minimum absolute atomic E-state index is 0.136. The standard InChI is InChI=1S/C38H40N6O3/c1-6-42(7-2)29-18-20-33-35(24-29)47-36-25-30(43(8-3)9-4)19-21-34(36)38(33)32-13-11-10-12-31(32)37(46)44(38)40-23-22-39-27-14-16-28(17-15-27)41-26(5)45/h10-25H,6-9H2,1-5H3,(H,41,45)/b39-22?,40-23+. The van der Waals surface area contributed by atoms with Crippen LogP contribution in [0.1, 0.15) is 61.7 Å². The van der Waals surface area contributed by atoms with Crippen molar-refractivity contribution in [2.75, 3.05) is 41.3 Å². The van der Waals surface area contributed by atoms with Crippen LogP contribution in [0.15, 0.2) is 95.0 Å². The third-order valence-electron chi connectivity index (χ3n) is 8.90. The number of hydrazone groups is 1. The third kappa shape index (κ3) is 5.52. The highest BCUT2D eigenvalue weighted by Crippen LogP contribution is 2.58. The van der Waals surface area contributed by atoms with Gasteiger partial charge in [-0.25, -0.2) is 5.01 Å². The number of amides is 2. The van der Waals surface area contributed by atoms with E-state index in [2.05, 4.69) is 84.2 Å². The molecule has 47 heavy (non-hydrogen) atoms. The van der Waals surface area contributed by atoms with Gasteiger partial charge in [0.1, 0.15) is 17.0 Å². The van der Waals surface area contributed by atoms with Crippen LogP contribution >= 0.6 is 0 Å². The maximum atomic E-state index is 14.3. The molecule has 0 saturated carbocycles. The molecule has 4 aromatic carbocycles. The molecule has 2 heterocycles. The number of hydrogen-bond acceptors (Lipinski definition) is 7. The van der Waals surface area contributed by atoms with Crippen molar-refractivity contribution < 1.29 is 14.3 Å². The normalized spacial score (nSPS) is 14.2. The van der Waals surface area contributed by atoms with Crippen LogP contribution in [0.5, 0.6) is 11.5 Å². The monoisotopic (exact) mass is 628 g/mol. The smallest absolute Gasteiger partial charge is 0.275 e. The van der Waals surface area contributed by atoms with Gasteiger partial charge in [-0.05, 0) is 70.2 Å². The van der Waals surface area contributed by atoms with Gasteiger partial charge in [-0.2, -0.15) is 5.10 Å². The third-order valence-corrected chi connectivity index (χ3v) is 8.90. The van der Waals surface area contributed by atoms with Crippen LogP contribution in [0, 0.1) is 0 Å². The molecule has 9 heteroatoms. The van der Waals surface area contributed by atoms with Crippen LogP contribution in [0.2, 0.25) is 0 Å². The number of hydrogen-bond donors (Lipinski definition) is 1. The molecule has 0 bridgehead atoms. The fraction of sp³-hybridized carbons (Fsp3) is 0.263. The Hall–Kier alpha value is -5.44. The highest BCUT2D eigenvalue weighted by Gasteiger charge is 2.57. The predicted octanol–water partition coefficient (Wildman–Crippen LogP) is 7.58. The fourth-order valence-electron chi connectivity index (χ4n) is 6.70. The number of benzene rings is 4. The number of ether oxygens (including phenoxy) is 1. The molecular weight excluding hydrogens is 588 g/mol. The highest BCUT2D eigenvalue weighted by atomic mass is 16.5. The lowest BCUT2D eigenvalue weighted by atomic mass is 9.75. The van der Waals surface area contributed by atoms with Gasteiger partial charge in [-0.15, -0.1) is 0 Å². The van der Waals surface area contributed by atoms with Gasteiger partial charge in [0.05, 0.1) is 11.9 Å². The molecule has 2 aliphatic rings. The molecule has 240 valence electrons. The largest absolute Gasteiger partial charge is 0.456 e. The maximum absolute atomic E-state index is 14.3. The Balaban J connectivity index is 1.50. The van der Waals surface area contributed by atoms with Gasteiger partial charge in [0, 0.05) is 90.8 Å². The van der Waals surface area contributed by atoms with Gasteiger partial charge in [-0.3, -0.25) is 14.6 Å². The Kier molecular flexibility index (Phi) is 8.80. The van der Waals surface area contributed by atoms with E-state index in [-0.39, 0.29) is 11.8 Å². The number of nitrogens with one attached hydrogen (secondary N) is 1. The first-order chi connectivity index (χ1) is 22.8. The zero-order valence-electron chi connectivity index (χ0n) is 27.5. The van der Waals surface area contributed by atoms with Crippen molar-refractivity contribution in [1.82, 2.24) is 5.01 Å². The summed E-state index contributed by atoms with van der Waals surface area (Å²) < 4.78 is 6.74. The zero-order valence-corrected chi connectivity index (χ0v) is 27.5. The molecule has 1 N–H and O–H groups in total. The van der Waals surface area contributed by atoms with E-state index < -0.39 is 5.54 Å². The average Bonchev–Trinajstić information content (AvgIpc) is 3.32. The topological polar surface area (TPSA) is 89.8 Å². The summed E-state index contributed by atoms with van der Waals surface area (Å²) in [6, 6.07) is 27.4. The molecule has 2 amide bonds. The Morgan fingerprint density at radius 3 is 1.91 bits per heavy atom. The lowest BCUT2D eigenvalue weighted by Gasteiger charge is -2.42. The molecule has 2 aliphatic heterocycles. The molecule has 0 atom stereocenters. The number of rotatable bonds is 10. The first-order valence-electron chi connectivity index (χ1n) is 16.2. The van der Waals surface area contributed by atoms with E-state index in [4.69, 9.17) is 9.84 Å². The lowest BCUT2D eigenvalue weighted by molar-refractivity contribution is -0.114. The van der Waals surface area contributed by atoms with E-state index >= 15 is 0 Å². The van der Waals surface area contributed by atoms with Gasteiger partial charge in [0.25, 0.3) is 5.91 Å². The molecule has 1 spiro atoms. The van der Waals surface area contributed by atoms with Gasteiger partial charge in [0.15, 0.2) is 0 Å². The molecular formula is C38H40N6O3. The van der Waals surface area contributed by atoms with Crippen molar-refractivity contribution in [1.29, 1.82) is 0 Å². The molecule has 0 fully saturated rings. The lowest BCUT2D eigenvalue weighted by Crippen LogP contribution is -2.44. The summed E-state index contributed by atoms with van der Waals surface area (Å²) in [5.74, 6) is 1.04. The summed E-state index contributed by atoms with van der Waals surface area (Å²) >= 11 is 0. The van der Waals surface area contributed by atoms with Crippen LogP contribution in [0.25, 0.3) is 0 Å². The minimum Gasteiger partial charge on any atom is -0.456 e. The molecule has 0 aliphatic carbocycles. The Morgan fingerprint density at radius 2 is 1.36 bits per heavy atom. The van der Waals surface area contributed by atoms with E-state index in [1.807, 2.05) is 24.3 Å². The van der Waals surface area contributed by atoms with Crippen molar-refractivity contribution in [3.63, 3.8) is 0 Å². The number of fused-ring (bicyclic) bond motifs is 6. The first kappa shape index (κ1) is 31.5. The highest BCUT2D eigenvalue weighted by molar-refractivity contribution is 6.17. The average molecular weight is 629 g/mol. The fourth-order valence-corrected chi connectivity index (χ4v) is 6.70. The summed E-state index contributed by atoms with van der Waals surface area (Å²) in [6.45, 7) is 13.4. The number of nitrogens with zero attached hydrogens (tertiary/aromatic N) is 5. The number of carbonyl (C=O) groups is 2. The van der Waals surface area contributed by atoms with Crippen LogP contribution in [0.3, 0.4) is 0 Å². The van der Waals surface area contributed by atoms with Gasteiger partial charge in [-0.1, -0.05) is 30.3 Å². The number of carbonyl (C=O) groups excluding carboxylic acids is 2. The van der Waals surface area contributed by atoms with Gasteiger partial charge in [0.2, 0.25) is 5.91 Å². The molecule has 9 nitrogen and oxygen atoms in total. The Bertz CT molecular complexity index is 1800. The summed E-state index contributed by atoms with van der Waals surface area (Å²) in [6.07, 6.45) is 3.13. The second-order valence-electron chi connectivity index (χ2n) is 11.5. The van der Waals surface area contributed by atoms with E-state index in [1.54, 1.807) is 41.7 Å². The van der Waals surface area contributed by atoms with Crippen LogP contribution in [0.4, 0.5) is 22.7 Å². The number of aliphatic imine (C=N–C) groups is 1. The molecule has 0 saturated heterocycles. The van der Waals surface area contributed by atoms with E-state index in [0.717, 1.165) is 54.2 Å². The SMILES string of the molecule is CCN(CC)c1ccc2c(c1)Oc1cc(N(CC)CC)ccc1C21c2ccccc2C(=O)N1/N=C/C=Nc1ccc(NC(C)=O)cc1. The van der Waals surface area contributed by atoms with E-state index in [9.17, 15) is 9.59 Å². The molecule has 4 aromatic rings. The van der Waals surface area contributed by atoms with Crippen molar-refractivity contribution in [3.05, 3.63) is 107 Å². The molecule has 0 unspecified atom stereocenters. The molecule has 0 aromatic heterocycles. The quantitative estimate of drug-likeness (QED) is 0.183. The minimum atomic E-state index is -1.06. The Labute approximate surface area is 276 Å². The van der Waals surface area contributed by atoms with Crippen LogP contribution in [-0.2, 0) is 10.3 Å².